The third-order valence-corrected chi connectivity index (χ3v) is 2.54. The molecule has 1 aromatic rings. The van der Waals surface area contributed by atoms with Crippen molar-refractivity contribution >= 4 is 11.5 Å². The predicted molar refractivity (Wildman–Crippen MR) is 61.4 cm³/mol. The second kappa shape index (κ2) is 4.39. The molecular weight excluding hydrogens is 205 g/mol. The molecule has 0 fully saturated rings. The number of ketones is 1. The molecule has 2 rings (SSSR count). The Kier molecular flexibility index (Phi) is 2.95. The second-order valence-electron chi connectivity index (χ2n) is 3.69. The van der Waals surface area contributed by atoms with E-state index >= 15 is 0 Å². The van der Waals surface area contributed by atoms with Gasteiger partial charge >= 0.3 is 0 Å². The maximum Gasteiger partial charge on any atom is 0.210 e. The molecule has 1 aromatic carbocycles. The van der Waals surface area contributed by atoms with Crippen LogP contribution < -0.4 is 0 Å². The van der Waals surface area contributed by atoms with Gasteiger partial charge in [-0.2, -0.15) is 0 Å². The van der Waals surface area contributed by atoms with Gasteiger partial charge in [0.15, 0.2) is 0 Å². The minimum Gasteiger partial charge on any atom is -0.287 e. The summed E-state index contributed by atoms with van der Waals surface area (Å²) in [6, 6.07) is 5.63. The van der Waals surface area contributed by atoms with Gasteiger partial charge in [0.2, 0.25) is 5.78 Å². The summed E-state index contributed by atoms with van der Waals surface area (Å²) in [6.07, 6.45) is 4.54. The first-order valence-electron chi connectivity index (χ1n) is 5.27. The summed E-state index contributed by atoms with van der Waals surface area (Å²) in [5.41, 5.74) is 0.931. The Labute approximate surface area is 93.5 Å². The van der Waals surface area contributed by atoms with Crippen LogP contribution >= 0.6 is 0 Å². The predicted octanol–water partition coefficient (Wildman–Crippen LogP) is 2.80. The monoisotopic (exact) mass is 217 g/mol. The van der Waals surface area contributed by atoms with Crippen molar-refractivity contribution in [3.63, 3.8) is 0 Å². The van der Waals surface area contributed by atoms with E-state index in [1.165, 1.54) is 24.3 Å². The van der Waals surface area contributed by atoms with Crippen LogP contribution in [0.3, 0.4) is 0 Å². The smallest absolute Gasteiger partial charge is 0.210 e. The van der Waals surface area contributed by atoms with Gasteiger partial charge in [-0.15, -0.1) is 0 Å². The van der Waals surface area contributed by atoms with Crippen molar-refractivity contribution in [2.24, 2.45) is 4.99 Å². The summed E-state index contributed by atoms with van der Waals surface area (Å²) in [5, 5.41) is 0. The highest BCUT2D eigenvalue weighted by Gasteiger charge is 2.17. The maximum atomic E-state index is 12.7. The Morgan fingerprint density at radius 2 is 2.06 bits per heavy atom. The molecule has 1 heterocycles. The summed E-state index contributed by atoms with van der Waals surface area (Å²) in [5.74, 6) is -0.487. The zero-order chi connectivity index (χ0) is 11.5. The molecule has 16 heavy (non-hydrogen) atoms. The van der Waals surface area contributed by atoms with Gasteiger partial charge in [-0.25, -0.2) is 4.39 Å². The van der Waals surface area contributed by atoms with E-state index < -0.39 is 0 Å². The quantitative estimate of drug-likeness (QED) is 0.716. The molecule has 0 spiro atoms. The van der Waals surface area contributed by atoms with Gasteiger partial charge in [0, 0.05) is 5.56 Å². The number of benzene rings is 1. The number of halogens is 1. The van der Waals surface area contributed by atoms with Crippen LogP contribution in [0.2, 0.25) is 0 Å². The van der Waals surface area contributed by atoms with Crippen molar-refractivity contribution in [2.45, 2.75) is 19.4 Å². The zero-order valence-electron chi connectivity index (χ0n) is 8.98. The molecular formula is C13H12FNO. The number of allylic oxidation sites excluding steroid dienone is 1. The van der Waals surface area contributed by atoms with Crippen LogP contribution in [0.25, 0.3) is 0 Å². The average Bonchev–Trinajstić information content (AvgIpc) is 2.77. The van der Waals surface area contributed by atoms with Gasteiger partial charge in [0.05, 0.1) is 6.04 Å². The molecule has 0 radical (unpaired) electrons. The number of hydrogen-bond acceptors (Lipinski definition) is 2. The molecule has 82 valence electrons. The van der Waals surface area contributed by atoms with Crippen molar-refractivity contribution in [2.75, 3.05) is 0 Å². The Hall–Kier alpha value is -1.77. The molecule has 0 amide bonds. The Morgan fingerprint density at radius 3 is 2.62 bits per heavy atom. The lowest BCUT2D eigenvalue weighted by Gasteiger charge is -2.00. The second-order valence-corrected chi connectivity index (χ2v) is 3.69. The average molecular weight is 217 g/mol. The minimum atomic E-state index is -0.341. The number of rotatable bonds is 3. The van der Waals surface area contributed by atoms with Crippen LogP contribution in [0.5, 0.6) is 0 Å². The lowest BCUT2D eigenvalue weighted by atomic mass is 10.1. The van der Waals surface area contributed by atoms with Gasteiger partial charge in [0.1, 0.15) is 11.5 Å². The van der Waals surface area contributed by atoms with E-state index in [-0.39, 0.29) is 17.6 Å². The summed E-state index contributed by atoms with van der Waals surface area (Å²) < 4.78 is 12.7. The van der Waals surface area contributed by atoms with Crippen LogP contribution in [0.4, 0.5) is 4.39 Å². The minimum absolute atomic E-state index is 0.111. The van der Waals surface area contributed by atoms with Crippen LogP contribution in [0.1, 0.15) is 23.7 Å². The summed E-state index contributed by atoms with van der Waals surface area (Å²) in [4.78, 5) is 16.2. The third-order valence-electron chi connectivity index (χ3n) is 2.54. The van der Waals surface area contributed by atoms with Gasteiger partial charge in [-0.3, -0.25) is 9.79 Å². The first-order chi connectivity index (χ1) is 7.70. The molecule has 0 aliphatic carbocycles. The van der Waals surface area contributed by atoms with Crippen molar-refractivity contribution in [1.82, 2.24) is 0 Å². The summed E-state index contributed by atoms with van der Waals surface area (Å²) in [7, 11) is 0. The fourth-order valence-corrected chi connectivity index (χ4v) is 1.58. The molecule has 1 aliphatic rings. The van der Waals surface area contributed by atoms with E-state index in [0.29, 0.717) is 11.3 Å². The number of Topliss-reactive ketones (excluding diaryl/α,β-unsaturated/α-hetero) is 1. The van der Waals surface area contributed by atoms with Crippen LogP contribution in [-0.2, 0) is 0 Å². The molecule has 1 aliphatic heterocycles. The highest BCUT2D eigenvalue weighted by Crippen LogP contribution is 2.12. The molecule has 0 N–H and O–H groups in total. The van der Waals surface area contributed by atoms with Gasteiger partial charge in [0.25, 0.3) is 0 Å². The number of aliphatic imine (C=N–C) groups is 1. The molecule has 1 unspecified atom stereocenters. The summed E-state index contributed by atoms with van der Waals surface area (Å²) in [6.45, 7) is 2.02. The molecule has 0 aromatic heterocycles. The molecule has 0 bridgehead atoms. The maximum absolute atomic E-state index is 12.7. The molecule has 0 saturated heterocycles. The van der Waals surface area contributed by atoms with Gasteiger partial charge in [-0.1, -0.05) is 13.0 Å². The number of carbonyl (C=O) groups excluding carboxylic acids is 1. The Bertz CT molecular complexity index is 459. The normalized spacial score (nSPS) is 18.6. The zero-order valence-corrected chi connectivity index (χ0v) is 8.98. The van der Waals surface area contributed by atoms with E-state index in [2.05, 4.69) is 4.99 Å². The van der Waals surface area contributed by atoms with Crippen molar-refractivity contribution in [3.8, 4) is 0 Å². The van der Waals surface area contributed by atoms with E-state index in [4.69, 9.17) is 0 Å². The van der Waals surface area contributed by atoms with E-state index in [9.17, 15) is 9.18 Å². The standard InChI is InChI=1S/C13H12FNO/c1-2-11-7-8-12(15-11)13(16)9-3-5-10(14)6-4-9/h3-8,11H,2H2,1H3. The highest BCUT2D eigenvalue weighted by molar-refractivity contribution is 6.50. The first kappa shape index (κ1) is 10.7. The lowest BCUT2D eigenvalue weighted by molar-refractivity contribution is 0.106. The van der Waals surface area contributed by atoms with Gasteiger partial charge < -0.3 is 0 Å². The Balaban J connectivity index is 2.21. The molecule has 1 atom stereocenters. The van der Waals surface area contributed by atoms with Crippen LogP contribution in [0.15, 0.2) is 41.4 Å². The van der Waals surface area contributed by atoms with E-state index in [1.54, 1.807) is 6.08 Å². The molecule has 0 saturated carbocycles. The van der Waals surface area contributed by atoms with Crippen molar-refractivity contribution in [3.05, 3.63) is 47.8 Å². The topological polar surface area (TPSA) is 29.4 Å². The molecule has 2 nitrogen and oxygen atoms in total. The Morgan fingerprint density at radius 1 is 1.38 bits per heavy atom. The molecule has 3 heteroatoms. The van der Waals surface area contributed by atoms with Crippen LogP contribution in [0, 0.1) is 5.82 Å². The fourth-order valence-electron chi connectivity index (χ4n) is 1.58. The summed E-state index contributed by atoms with van der Waals surface area (Å²) >= 11 is 0. The third kappa shape index (κ3) is 2.08. The fraction of sp³-hybridized carbons (Fsp3) is 0.231. The SMILES string of the molecule is CCC1C=CC(C(=O)c2ccc(F)cc2)=N1. The number of carbonyl (C=O) groups is 1. The number of hydrogen-bond donors (Lipinski definition) is 0. The van der Waals surface area contributed by atoms with Crippen molar-refractivity contribution in [1.29, 1.82) is 0 Å². The van der Waals surface area contributed by atoms with E-state index in [0.717, 1.165) is 6.42 Å². The van der Waals surface area contributed by atoms with E-state index in [1.807, 2.05) is 13.0 Å². The highest BCUT2D eigenvalue weighted by atomic mass is 19.1. The largest absolute Gasteiger partial charge is 0.287 e. The van der Waals surface area contributed by atoms with Crippen molar-refractivity contribution < 1.29 is 9.18 Å². The first-order valence-corrected chi connectivity index (χ1v) is 5.27. The van der Waals surface area contributed by atoms with Crippen LogP contribution in [-0.4, -0.2) is 17.5 Å². The number of nitrogens with zero attached hydrogens (tertiary/aromatic N) is 1. The lowest BCUT2D eigenvalue weighted by Crippen LogP contribution is -2.11. The van der Waals surface area contributed by atoms with Gasteiger partial charge in [-0.05, 0) is 36.8 Å².